The zero-order chi connectivity index (χ0) is 9.14. The van der Waals surface area contributed by atoms with Crippen LogP contribution in [-0.2, 0) is 3.07 Å². The van der Waals surface area contributed by atoms with Gasteiger partial charge >= 0.3 is 5.97 Å². The van der Waals surface area contributed by atoms with E-state index >= 15 is 0 Å². The van der Waals surface area contributed by atoms with E-state index in [1.807, 2.05) is 26.0 Å². The average Bonchev–Trinajstić information content (AvgIpc) is 2.03. The Labute approximate surface area is 85.6 Å². The number of halogens is 1. The van der Waals surface area contributed by atoms with Crippen molar-refractivity contribution >= 4 is 29.0 Å². The van der Waals surface area contributed by atoms with Crippen LogP contribution in [0.15, 0.2) is 18.2 Å². The molecule has 0 radical (unpaired) electrons. The van der Waals surface area contributed by atoms with Gasteiger partial charge in [0.15, 0.2) is 23.0 Å². The SMILES string of the molecule is Cc1ccc(C(=O)OI)c(C)c1. The maximum Gasteiger partial charge on any atom is 0.347 e. The summed E-state index contributed by atoms with van der Waals surface area (Å²) in [7, 11) is 0. The fourth-order valence-corrected chi connectivity index (χ4v) is 1.32. The van der Waals surface area contributed by atoms with Crippen molar-refractivity contribution in [1.82, 2.24) is 0 Å². The standard InChI is InChI=1S/C9H9IO2/c1-6-3-4-8(7(2)5-6)9(11)12-10/h3-5H,1-2H3. The largest absolute Gasteiger partial charge is 0.391 e. The second-order valence-electron chi connectivity index (χ2n) is 2.68. The fourth-order valence-electron chi connectivity index (χ4n) is 1.08. The molecule has 1 aromatic carbocycles. The highest BCUT2D eigenvalue weighted by molar-refractivity contribution is 14.1. The third-order valence-corrected chi connectivity index (χ3v) is 2.07. The van der Waals surface area contributed by atoms with Crippen molar-refractivity contribution in [2.75, 3.05) is 0 Å². The number of rotatable bonds is 1. The van der Waals surface area contributed by atoms with E-state index in [9.17, 15) is 4.79 Å². The summed E-state index contributed by atoms with van der Waals surface area (Å²) in [4.78, 5) is 11.1. The van der Waals surface area contributed by atoms with E-state index in [2.05, 4.69) is 3.07 Å². The second kappa shape index (κ2) is 3.89. The van der Waals surface area contributed by atoms with Gasteiger partial charge in [0, 0.05) is 0 Å². The molecule has 0 aliphatic heterocycles. The molecule has 0 N–H and O–H groups in total. The average molecular weight is 276 g/mol. The molecular formula is C9H9IO2. The minimum atomic E-state index is -0.284. The first kappa shape index (κ1) is 9.51. The molecule has 2 nitrogen and oxygen atoms in total. The van der Waals surface area contributed by atoms with Crippen LogP contribution in [0.5, 0.6) is 0 Å². The number of benzene rings is 1. The molecule has 0 unspecified atom stereocenters. The summed E-state index contributed by atoms with van der Waals surface area (Å²) in [6.45, 7) is 3.89. The van der Waals surface area contributed by atoms with E-state index in [0.717, 1.165) is 11.1 Å². The summed E-state index contributed by atoms with van der Waals surface area (Å²) in [6, 6.07) is 5.64. The Hall–Kier alpha value is -0.580. The highest BCUT2D eigenvalue weighted by atomic mass is 127. The van der Waals surface area contributed by atoms with Gasteiger partial charge in [-0.25, -0.2) is 4.79 Å². The molecule has 0 atom stereocenters. The van der Waals surface area contributed by atoms with E-state index in [-0.39, 0.29) is 5.97 Å². The van der Waals surface area contributed by atoms with E-state index < -0.39 is 0 Å². The van der Waals surface area contributed by atoms with Crippen LogP contribution in [-0.4, -0.2) is 5.97 Å². The van der Waals surface area contributed by atoms with Crippen molar-refractivity contribution < 1.29 is 7.86 Å². The Morgan fingerprint density at radius 2 is 2.08 bits per heavy atom. The molecule has 0 bridgehead atoms. The second-order valence-corrected chi connectivity index (χ2v) is 3.12. The van der Waals surface area contributed by atoms with Gasteiger partial charge in [0.05, 0.1) is 5.56 Å². The predicted octanol–water partition coefficient (Wildman–Crippen LogP) is 2.81. The Bertz CT molecular complexity index is 307. The number of carbonyl (C=O) groups excluding carboxylic acids is 1. The third-order valence-electron chi connectivity index (χ3n) is 1.67. The zero-order valence-electron chi connectivity index (χ0n) is 6.93. The highest BCUT2D eigenvalue weighted by Gasteiger charge is 2.08. The Kier molecular flexibility index (Phi) is 3.08. The van der Waals surface area contributed by atoms with Crippen molar-refractivity contribution in [2.24, 2.45) is 0 Å². The summed E-state index contributed by atoms with van der Waals surface area (Å²) >= 11 is 1.59. The molecule has 0 aromatic heterocycles. The summed E-state index contributed by atoms with van der Waals surface area (Å²) in [5.41, 5.74) is 2.74. The first-order valence-electron chi connectivity index (χ1n) is 3.55. The topological polar surface area (TPSA) is 26.3 Å². The van der Waals surface area contributed by atoms with Crippen molar-refractivity contribution in [3.05, 3.63) is 34.9 Å². The molecular weight excluding hydrogens is 267 g/mol. The number of hydrogen-bond acceptors (Lipinski definition) is 2. The van der Waals surface area contributed by atoms with Crippen LogP contribution < -0.4 is 0 Å². The maximum atomic E-state index is 11.1. The van der Waals surface area contributed by atoms with Crippen molar-refractivity contribution in [1.29, 1.82) is 0 Å². The van der Waals surface area contributed by atoms with Gasteiger partial charge in [0.2, 0.25) is 0 Å². The Balaban J connectivity index is 3.09. The van der Waals surface area contributed by atoms with Gasteiger partial charge in [-0.15, -0.1) is 0 Å². The Morgan fingerprint density at radius 1 is 1.42 bits per heavy atom. The van der Waals surface area contributed by atoms with Gasteiger partial charge in [0.1, 0.15) is 0 Å². The van der Waals surface area contributed by atoms with Gasteiger partial charge < -0.3 is 3.07 Å². The summed E-state index contributed by atoms with van der Waals surface area (Å²) in [5.74, 6) is -0.284. The smallest absolute Gasteiger partial charge is 0.347 e. The lowest BCUT2D eigenvalue weighted by Crippen LogP contribution is -2.00. The number of carbonyl (C=O) groups is 1. The van der Waals surface area contributed by atoms with Crippen LogP contribution in [0.2, 0.25) is 0 Å². The van der Waals surface area contributed by atoms with E-state index in [1.165, 1.54) is 0 Å². The first-order valence-corrected chi connectivity index (χ1v) is 4.43. The zero-order valence-corrected chi connectivity index (χ0v) is 9.08. The monoisotopic (exact) mass is 276 g/mol. The third kappa shape index (κ3) is 1.97. The first-order chi connectivity index (χ1) is 5.65. The maximum absolute atomic E-state index is 11.1. The van der Waals surface area contributed by atoms with Crippen LogP contribution in [0.4, 0.5) is 0 Å². The molecule has 0 saturated heterocycles. The molecule has 0 amide bonds. The lowest BCUT2D eigenvalue weighted by atomic mass is 10.1. The molecule has 0 fully saturated rings. The van der Waals surface area contributed by atoms with Crippen LogP contribution in [0, 0.1) is 13.8 Å². The van der Waals surface area contributed by atoms with Crippen LogP contribution in [0.1, 0.15) is 21.5 Å². The normalized spacial score (nSPS) is 9.58. The van der Waals surface area contributed by atoms with Crippen LogP contribution in [0.3, 0.4) is 0 Å². The van der Waals surface area contributed by atoms with Gasteiger partial charge in [-0.2, -0.15) is 0 Å². The van der Waals surface area contributed by atoms with E-state index in [0.29, 0.717) is 5.56 Å². The molecule has 3 heteroatoms. The minimum Gasteiger partial charge on any atom is -0.391 e. The van der Waals surface area contributed by atoms with Crippen molar-refractivity contribution in [2.45, 2.75) is 13.8 Å². The van der Waals surface area contributed by atoms with Gasteiger partial charge in [-0.3, -0.25) is 0 Å². The summed E-state index contributed by atoms with van der Waals surface area (Å²) < 4.78 is 4.59. The summed E-state index contributed by atoms with van der Waals surface area (Å²) in [6.07, 6.45) is 0. The van der Waals surface area contributed by atoms with Crippen LogP contribution >= 0.6 is 23.0 Å². The molecule has 1 rings (SSSR count). The minimum absolute atomic E-state index is 0.284. The van der Waals surface area contributed by atoms with E-state index in [1.54, 1.807) is 29.1 Å². The molecule has 0 heterocycles. The quantitative estimate of drug-likeness (QED) is 0.737. The lowest BCUT2D eigenvalue weighted by molar-refractivity contribution is 0.0799. The van der Waals surface area contributed by atoms with Gasteiger partial charge in [-0.1, -0.05) is 17.7 Å². The molecule has 0 aliphatic rings. The van der Waals surface area contributed by atoms with Gasteiger partial charge in [-0.05, 0) is 25.5 Å². The lowest BCUT2D eigenvalue weighted by Gasteiger charge is -2.02. The highest BCUT2D eigenvalue weighted by Crippen LogP contribution is 2.12. The van der Waals surface area contributed by atoms with Crippen LogP contribution in [0.25, 0.3) is 0 Å². The molecule has 0 spiro atoms. The summed E-state index contributed by atoms with van der Waals surface area (Å²) in [5, 5.41) is 0. The van der Waals surface area contributed by atoms with Crippen molar-refractivity contribution in [3.63, 3.8) is 0 Å². The molecule has 0 aliphatic carbocycles. The van der Waals surface area contributed by atoms with Gasteiger partial charge in [0.25, 0.3) is 0 Å². The molecule has 64 valence electrons. The van der Waals surface area contributed by atoms with Crippen molar-refractivity contribution in [3.8, 4) is 0 Å². The number of hydrogen-bond donors (Lipinski definition) is 0. The van der Waals surface area contributed by atoms with E-state index in [4.69, 9.17) is 0 Å². The molecule has 1 aromatic rings. The fraction of sp³-hybridized carbons (Fsp3) is 0.222. The molecule has 12 heavy (non-hydrogen) atoms. The number of aryl methyl sites for hydroxylation is 2. The molecule has 0 saturated carbocycles. The predicted molar refractivity (Wildman–Crippen MR) is 55.4 cm³/mol. The Morgan fingerprint density at radius 3 is 2.58 bits per heavy atom.